The summed E-state index contributed by atoms with van der Waals surface area (Å²) in [5.41, 5.74) is 2.02. The third-order valence-electron chi connectivity index (χ3n) is 2.85. The third kappa shape index (κ3) is 2.03. The van der Waals surface area contributed by atoms with E-state index in [0.29, 0.717) is 27.2 Å². The number of fused-ring (bicyclic) bond motifs is 1. The van der Waals surface area contributed by atoms with Gasteiger partial charge in [-0.05, 0) is 29.8 Å². The van der Waals surface area contributed by atoms with Crippen molar-refractivity contribution in [2.24, 2.45) is 0 Å². The topological polar surface area (TPSA) is 48.6 Å². The Morgan fingerprint density at radius 2 is 1.74 bits per heavy atom. The van der Waals surface area contributed by atoms with Crippen LogP contribution in [0.3, 0.4) is 0 Å². The van der Waals surface area contributed by atoms with E-state index in [0.717, 1.165) is 0 Å². The van der Waals surface area contributed by atoms with Crippen LogP contribution in [0.15, 0.2) is 35.1 Å². The van der Waals surface area contributed by atoms with Gasteiger partial charge in [0.05, 0.1) is 21.1 Å². The summed E-state index contributed by atoms with van der Waals surface area (Å²) in [5.74, 6) is -0.538. The maximum Gasteiger partial charge on any atom is 0.323 e. The lowest BCUT2D eigenvalue weighted by Gasteiger charge is -2.08. The van der Waals surface area contributed by atoms with Crippen molar-refractivity contribution < 1.29 is 4.39 Å². The summed E-state index contributed by atoms with van der Waals surface area (Å²) in [7, 11) is 0. The predicted molar refractivity (Wildman–Crippen MR) is 74.3 cm³/mol. The van der Waals surface area contributed by atoms with Crippen LogP contribution in [0.2, 0.25) is 10.0 Å². The molecule has 0 aliphatic heterocycles. The fourth-order valence-electron chi connectivity index (χ4n) is 1.98. The first kappa shape index (κ1) is 12.3. The van der Waals surface area contributed by atoms with Crippen molar-refractivity contribution >= 4 is 34.2 Å². The second kappa shape index (κ2) is 4.40. The Labute approximate surface area is 117 Å². The predicted octanol–water partition coefficient (Wildman–Crippen LogP) is 3.97. The molecule has 3 nitrogen and oxygen atoms in total. The minimum atomic E-state index is -0.538. The highest BCUT2D eigenvalue weighted by Crippen LogP contribution is 2.36. The van der Waals surface area contributed by atoms with Crippen LogP contribution in [-0.4, -0.2) is 9.97 Å². The monoisotopic (exact) mass is 296 g/mol. The molecule has 2 N–H and O–H groups in total. The fourth-order valence-corrected chi connectivity index (χ4v) is 2.57. The molecule has 0 fully saturated rings. The average molecular weight is 297 g/mol. The fraction of sp³-hybridized carbons (Fsp3) is 0. The summed E-state index contributed by atoms with van der Waals surface area (Å²) in [6, 6.07) is 7.78. The van der Waals surface area contributed by atoms with Gasteiger partial charge in [-0.3, -0.25) is 0 Å². The van der Waals surface area contributed by atoms with Gasteiger partial charge in [0.2, 0.25) is 0 Å². The minimum Gasteiger partial charge on any atom is -0.306 e. The van der Waals surface area contributed by atoms with E-state index < -0.39 is 5.82 Å². The molecule has 0 radical (unpaired) electrons. The Kier molecular flexibility index (Phi) is 2.84. The van der Waals surface area contributed by atoms with Gasteiger partial charge >= 0.3 is 5.69 Å². The number of rotatable bonds is 1. The van der Waals surface area contributed by atoms with Crippen LogP contribution in [0.1, 0.15) is 0 Å². The summed E-state index contributed by atoms with van der Waals surface area (Å²) in [4.78, 5) is 16.5. The number of hydrogen-bond acceptors (Lipinski definition) is 1. The molecule has 0 saturated heterocycles. The van der Waals surface area contributed by atoms with Crippen LogP contribution in [0, 0.1) is 5.82 Å². The third-order valence-corrected chi connectivity index (χ3v) is 3.53. The first-order valence-corrected chi connectivity index (χ1v) is 6.18. The molecular weight excluding hydrogens is 290 g/mol. The van der Waals surface area contributed by atoms with E-state index in [1.54, 1.807) is 18.2 Å². The van der Waals surface area contributed by atoms with Gasteiger partial charge in [-0.15, -0.1) is 0 Å². The molecular formula is C13H7Cl2FN2O. The van der Waals surface area contributed by atoms with Crippen LogP contribution in [0.25, 0.3) is 22.2 Å². The van der Waals surface area contributed by atoms with Gasteiger partial charge in [0.1, 0.15) is 5.82 Å². The number of imidazole rings is 1. The van der Waals surface area contributed by atoms with Crippen molar-refractivity contribution in [1.29, 1.82) is 0 Å². The summed E-state index contributed by atoms with van der Waals surface area (Å²) in [6.07, 6.45) is 0. The lowest BCUT2D eigenvalue weighted by atomic mass is 10.0. The van der Waals surface area contributed by atoms with Gasteiger partial charge in [0.25, 0.3) is 0 Å². The largest absolute Gasteiger partial charge is 0.323 e. The van der Waals surface area contributed by atoms with E-state index in [4.69, 9.17) is 23.2 Å². The second-order valence-corrected chi connectivity index (χ2v) is 4.84. The van der Waals surface area contributed by atoms with Gasteiger partial charge < -0.3 is 9.97 Å². The highest BCUT2D eigenvalue weighted by atomic mass is 35.5. The lowest BCUT2D eigenvalue weighted by molar-refractivity contribution is 0.629. The molecule has 0 bridgehead atoms. The number of nitrogens with one attached hydrogen (secondary N) is 2. The molecule has 0 atom stereocenters. The first-order valence-electron chi connectivity index (χ1n) is 5.42. The molecule has 0 spiro atoms. The number of aromatic amines is 2. The molecule has 0 aliphatic carbocycles. The van der Waals surface area contributed by atoms with Crippen molar-refractivity contribution in [3.8, 4) is 11.1 Å². The number of H-pyrrole nitrogens is 2. The van der Waals surface area contributed by atoms with Crippen molar-refractivity contribution in [3.05, 3.63) is 56.7 Å². The average Bonchev–Trinajstić information content (AvgIpc) is 2.74. The quantitative estimate of drug-likeness (QED) is 0.656. The van der Waals surface area contributed by atoms with Gasteiger partial charge in [0, 0.05) is 5.56 Å². The molecule has 3 rings (SSSR count). The van der Waals surface area contributed by atoms with Crippen molar-refractivity contribution in [2.45, 2.75) is 0 Å². The number of halogens is 3. The van der Waals surface area contributed by atoms with Crippen molar-refractivity contribution in [1.82, 2.24) is 9.97 Å². The Hall–Kier alpha value is -1.78. The highest BCUT2D eigenvalue weighted by molar-refractivity contribution is 6.39. The number of benzene rings is 2. The Morgan fingerprint density at radius 1 is 1.00 bits per heavy atom. The Morgan fingerprint density at radius 3 is 2.53 bits per heavy atom. The molecule has 0 unspecified atom stereocenters. The zero-order valence-corrected chi connectivity index (χ0v) is 10.9. The summed E-state index contributed by atoms with van der Waals surface area (Å²) >= 11 is 12.0. The molecule has 19 heavy (non-hydrogen) atoms. The van der Waals surface area contributed by atoms with Crippen LogP contribution in [0.4, 0.5) is 4.39 Å². The standard InChI is InChI=1S/C13H7Cl2FN2O/c14-7-2-3-8(16)12(15)11(7)6-1-4-9-10(5-6)18-13(19)17-9/h1-5H,(H2,17,18,19). The highest BCUT2D eigenvalue weighted by Gasteiger charge is 2.13. The SMILES string of the molecule is O=c1[nH]c2ccc(-c3c(Cl)ccc(F)c3Cl)cc2[nH]1. The Bertz CT molecular complexity index is 838. The van der Waals surface area contributed by atoms with Crippen LogP contribution >= 0.6 is 23.2 Å². The van der Waals surface area contributed by atoms with Crippen LogP contribution in [0.5, 0.6) is 0 Å². The normalized spacial score (nSPS) is 11.1. The number of aromatic nitrogens is 2. The molecule has 1 aromatic heterocycles. The smallest absolute Gasteiger partial charge is 0.306 e. The number of hydrogen-bond donors (Lipinski definition) is 2. The molecule has 0 aliphatic rings. The van der Waals surface area contributed by atoms with Gasteiger partial charge in [-0.25, -0.2) is 9.18 Å². The van der Waals surface area contributed by atoms with Gasteiger partial charge in [-0.2, -0.15) is 0 Å². The molecule has 96 valence electrons. The maximum absolute atomic E-state index is 13.5. The van der Waals surface area contributed by atoms with E-state index >= 15 is 0 Å². The summed E-state index contributed by atoms with van der Waals surface area (Å²) in [6.45, 7) is 0. The summed E-state index contributed by atoms with van der Waals surface area (Å²) in [5, 5.41) is 0.313. The van der Waals surface area contributed by atoms with E-state index in [1.165, 1.54) is 12.1 Å². The van der Waals surface area contributed by atoms with E-state index in [-0.39, 0.29) is 10.7 Å². The van der Waals surface area contributed by atoms with E-state index in [2.05, 4.69) is 9.97 Å². The molecule has 0 amide bonds. The van der Waals surface area contributed by atoms with Crippen LogP contribution < -0.4 is 5.69 Å². The Balaban J connectivity index is 2.29. The molecule has 1 heterocycles. The first-order chi connectivity index (χ1) is 9.06. The molecule has 6 heteroatoms. The molecule has 3 aromatic rings. The molecule has 0 saturated carbocycles. The van der Waals surface area contributed by atoms with E-state index in [9.17, 15) is 9.18 Å². The van der Waals surface area contributed by atoms with E-state index in [1.807, 2.05) is 0 Å². The minimum absolute atomic E-state index is 0.0373. The molecule has 2 aromatic carbocycles. The lowest BCUT2D eigenvalue weighted by Crippen LogP contribution is -1.99. The maximum atomic E-state index is 13.5. The zero-order valence-electron chi connectivity index (χ0n) is 9.43. The van der Waals surface area contributed by atoms with Gasteiger partial charge in [0.15, 0.2) is 0 Å². The van der Waals surface area contributed by atoms with Crippen molar-refractivity contribution in [2.75, 3.05) is 0 Å². The van der Waals surface area contributed by atoms with Gasteiger partial charge in [-0.1, -0.05) is 29.3 Å². The van der Waals surface area contributed by atoms with Crippen molar-refractivity contribution in [3.63, 3.8) is 0 Å². The second-order valence-electron chi connectivity index (χ2n) is 4.06. The zero-order chi connectivity index (χ0) is 13.6. The summed E-state index contributed by atoms with van der Waals surface area (Å²) < 4.78 is 13.5. The van der Waals surface area contributed by atoms with Crippen LogP contribution in [-0.2, 0) is 0 Å².